The van der Waals surface area contributed by atoms with Crippen molar-refractivity contribution in [2.24, 2.45) is 0 Å². The van der Waals surface area contributed by atoms with E-state index in [4.69, 9.17) is 0 Å². The average molecular weight is 479 g/mol. The summed E-state index contributed by atoms with van der Waals surface area (Å²) in [5.41, 5.74) is 0. The van der Waals surface area contributed by atoms with E-state index < -0.39 is 0 Å². The van der Waals surface area contributed by atoms with Crippen LogP contribution in [0.2, 0.25) is 0 Å². The number of hydrogen-bond acceptors (Lipinski definition) is 0. The summed E-state index contributed by atoms with van der Waals surface area (Å²) >= 11 is 0. The van der Waals surface area contributed by atoms with Gasteiger partial charge >= 0.3 is 0 Å². The Morgan fingerprint density at radius 3 is 0.526 bits per heavy atom. The van der Waals surface area contributed by atoms with Gasteiger partial charge in [-0.05, 0) is 51.4 Å². The smallest absolute Gasteiger partial charge is 0 e. The summed E-state index contributed by atoms with van der Waals surface area (Å²) in [6, 6.07) is 0. The molecule has 0 saturated heterocycles. The van der Waals surface area contributed by atoms with Crippen molar-refractivity contribution in [3.8, 4) is 0 Å². The van der Waals surface area contributed by atoms with Gasteiger partial charge in [0.2, 0.25) is 0 Å². The maximum atomic E-state index is 2.27. The van der Waals surface area contributed by atoms with Crippen molar-refractivity contribution in [3.05, 3.63) is 48.6 Å². The van der Waals surface area contributed by atoms with E-state index in [2.05, 4.69) is 48.6 Å². The molecule has 2 aliphatic rings. The Hall–Kier alpha value is 0.189. The Morgan fingerprint density at radius 1 is 0.316 bits per heavy atom. The molecular formula is C16H24Cl2Ir-2. The summed E-state index contributed by atoms with van der Waals surface area (Å²) < 4.78 is 0. The van der Waals surface area contributed by atoms with Crippen LogP contribution in [-0.2, 0) is 20.1 Å². The van der Waals surface area contributed by atoms with Crippen LogP contribution in [0, 0.1) is 0 Å². The molecule has 0 N–H and O–H groups in total. The minimum atomic E-state index is 0. The Kier molecular flexibility index (Phi) is 26.1. The molecule has 19 heavy (non-hydrogen) atoms. The first-order chi connectivity index (χ1) is 8.00. The van der Waals surface area contributed by atoms with Gasteiger partial charge in [0, 0.05) is 20.1 Å². The van der Waals surface area contributed by atoms with Crippen molar-refractivity contribution < 1.29 is 44.9 Å². The van der Waals surface area contributed by atoms with Crippen LogP contribution in [0.4, 0.5) is 0 Å². The number of rotatable bonds is 0. The fourth-order valence-electron chi connectivity index (χ4n) is 1.71. The Labute approximate surface area is 144 Å². The van der Waals surface area contributed by atoms with Crippen molar-refractivity contribution in [3.63, 3.8) is 0 Å². The molecule has 0 fully saturated rings. The van der Waals surface area contributed by atoms with Crippen LogP contribution < -0.4 is 24.8 Å². The Morgan fingerprint density at radius 2 is 0.421 bits per heavy atom. The molecule has 0 nitrogen and oxygen atoms in total. The Bertz CT molecular complexity index is 188. The quantitative estimate of drug-likeness (QED) is 0.406. The van der Waals surface area contributed by atoms with E-state index in [0.29, 0.717) is 0 Å². The topological polar surface area (TPSA) is 0 Å². The first-order valence-corrected chi connectivity index (χ1v) is 6.60. The first kappa shape index (κ1) is 24.2. The zero-order valence-electron chi connectivity index (χ0n) is 11.4. The molecule has 0 heterocycles. The summed E-state index contributed by atoms with van der Waals surface area (Å²) in [6.45, 7) is 0. The molecular weight excluding hydrogens is 455 g/mol. The van der Waals surface area contributed by atoms with E-state index in [9.17, 15) is 0 Å². The minimum absolute atomic E-state index is 0. The second-order valence-corrected chi connectivity index (χ2v) is 4.20. The fraction of sp³-hybridized carbons (Fsp3) is 0.500. The predicted octanol–water partition coefficient (Wildman–Crippen LogP) is -0.649. The average Bonchev–Trinajstić information content (AvgIpc) is 2.15. The molecule has 113 valence electrons. The molecule has 0 amide bonds. The van der Waals surface area contributed by atoms with Gasteiger partial charge in [0.15, 0.2) is 0 Å². The summed E-state index contributed by atoms with van der Waals surface area (Å²) in [4.78, 5) is 0. The number of allylic oxidation sites excluding steroid dienone is 8. The molecule has 0 saturated carbocycles. The van der Waals surface area contributed by atoms with Crippen LogP contribution in [0.15, 0.2) is 48.6 Å². The SMILES string of the molecule is C1=CCCC=CCC1.C1=CCCC=CCC1.[Cl-].[Cl-].[Ir]. The van der Waals surface area contributed by atoms with Gasteiger partial charge in [0.25, 0.3) is 0 Å². The van der Waals surface area contributed by atoms with Gasteiger partial charge < -0.3 is 24.8 Å². The van der Waals surface area contributed by atoms with Crippen molar-refractivity contribution in [1.29, 1.82) is 0 Å². The van der Waals surface area contributed by atoms with E-state index in [1.54, 1.807) is 0 Å². The van der Waals surface area contributed by atoms with Gasteiger partial charge in [-0.15, -0.1) is 0 Å². The molecule has 0 aliphatic heterocycles. The van der Waals surface area contributed by atoms with Crippen molar-refractivity contribution in [2.75, 3.05) is 0 Å². The van der Waals surface area contributed by atoms with Crippen LogP contribution in [0.1, 0.15) is 51.4 Å². The number of halogens is 2. The summed E-state index contributed by atoms with van der Waals surface area (Å²) in [6.07, 6.45) is 28.0. The van der Waals surface area contributed by atoms with Crippen LogP contribution >= 0.6 is 0 Å². The molecule has 2 rings (SSSR count). The van der Waals surface area contributed by atoms with Gasteiger partial charge in [0.05, 0.1) is 0 Å². The van der Waals surface area contributed by atoms with Crippen molar-refractivity contribution in [1.82, 2.24) is 0 Å². The number of hydrogen-bond donors (Lipinski definition) is 0. The normalized spacial score (nSPS) is 16.8. The van der Waals surface area contributed by atoms with Crippen molar-refractivity contribution in [2.45, 2.75) is 51.4 Å². The third kappa shape index (κ3) is 18.2. The van der Waals surface area contributed by atoms with E-state index in [1.165, 1.54) is 51.4 Å². The van der Waals surface area contributed by atoms with E-state index >= 15 is 0 Å². The third-order valence-corrected chi connectivity index (χ3v) is 2.67. The molecule has 0 bridgehead atoms. The van der Waals surface area contributed by atoms with Gasteiger partial charge in [-0.1, -0.05) is 48.6 Å². The summed E-state index contributed by atoms with van der Waals surface area (Å²) in [7, 11) is 0. The maximum absolute atomic E-state index is 2.27. The summed E-state index contributed by atoms with van der Waals surface area (Å²) in [5.74, 6) is 0. The standard InChI is InChI=1S/2C8H12.2ClH.Ir/c2*1-2-4-6-8-7-5-3-1;;;/h2*1-2,7-8H,3-6H2;2*1H;/p-2. The van der Waals surface area contributed by atoms with Gasteiger partial charge in [-0.3, -0.25) is 0 Å². The second-order valence-electron chi connectivity index (χ2n) is 4.20. The largest absolute Gasteiger partial charge is 1.00 e. The van der Waals surface area contributed by atoms with E-state index in [-0.39, 0.29) is 44.9 Å². The van der Waals surface area contributed by atoms with Crippen LogP contribution in [0.5, 0.6) is 0 Å². The third-order valence-electron chi connectivity index (χ3n) is 2.67. The molecule has 0 aromatic rings. The minimum Gasteiger partial charge on any atom is -1.00 e. The molecule has 0 unspecified atom stereocenters. The molecule has 3 heteroatoms. The van der Waals surface area contributed by atoms with Gasteiger partial charge in [0.1, 0.15) is 0 Å². The molecule has 0 spiro atoms. The van der Waals surface area contributed by atoms with Crippen LogP contribution in [0.3, 0.4) is 0 Å². The van der Waals surface area contributed by atoms with E-state index in [0.717, 1.165) is 0 Å². The van der Waals surface area contributed by atoms with Gasteiger partial charge in [-0.25, -0.2) is 0 Å². The maximum Gasteiger partial charge on any atom is 0 e. The van der Waals surface area contributed by atoms with Crippen molar-refractivity contribution >= 4 is 0 Å². The van der Waals surface area contributed by atoms with Crippen LogP contribution in [0.25, 0.3) is 0 Å². The monoisotopic (exact) mass is 479 g/mol. The molecule has 0 atom stereocenters. The Balaban J connectivity index is -0.000000233. The predicted molar refractivity (Wildman–Crippen MR) is 73.5 cm³/mol. The zero-order valence-corrected chi connectivity index (χ0v) is 15.3. The van der Waals surface area contributed by atoms with E-state index in [1.807, 2.05) is 0 Å². The first-order valence-electron chi connectivity index (χ1n) is 6.60. The molecule has 1 radical (unpaired) electrons. The fourth-order valence-corrected chi connectivity index (χ4v) is 1.71. The second kappa shape index (κ2) is 20.5. The molecule has 2 aliphatic carbocycles. The van der Waals surface area contributed by atoms with Gasteiger partial charge in [-0.2, -0.15) is 0 Å². The molecule has 0 aromatic heterocycles. The zero-order chi connectivity index (χ0) is 11.3. The molecule has 0 aromatic carbocycles. The van der Waals surface area contributed by atoms with Crippen LogP contribution in [-0.4, -0.2) is 0 Å². The summed E-state index contributed by atoms with van der Waals surface area (Å²) in [5, 5.41) is 0.